The molecule has 7 nitrogen and oxygen atoms in total. The summed E-state index contributed by atoms with van der Waals surface area (Å²) in [6.07, 6.45) is 3.48. The Balaban J connectivity index is 1.46. The molecule has 0 N–H and O–H groups in total. The molecule has 1 aliphatic rings. The molecule has 4 rings (SSSR count). The minimum absolute atomic E-state index is 0.0794. The summed E-state index contributed by atoms with van der Waals surface area (Å²) in [6, 6.07) is 8.34. The number of anilines is 1. The summed E-state index contributed by atoms with van der Waals surface area (Å²) in [5.74, 6) is 1.48. The van der Waals surface area contributed by atoms with Gasteiger partial charge in [-0.1, -0.05) is 0 Å². The quantitative estimate of drug-likeness (QED) is 0.676. The summed E-state index contributed by atoms with van der Waals surface area (Å²) in [6.45, 7) is 10.8. The summed E-state index contributed by atoms with van der Waals surface area (Å²) in [4.78, 5) is 22.2. The third-order valence-electron chi connectivity index (χ3n) is 4.89. The van der Waals surface area contributed by atoms with E-state index in [9.17, 15) is 0 Å². The van der Waals surface area contributed by atoms with Gasteiger partial charge in [-0.15, -0.1) is 0 Å². The average molecular weight is 378 g/mol. The second kappa shape index (κ2) is 8.06. The number of piperazine rings is 1. The third-order valence-corrected chi connectivity index (χ3v) is 4.89. The van der Waals surface area contributed by atoms with Crippen LogP contribution in [0.15, 0.2) is 36.8 Å². The van der Waals surface area contributed by atoms with Crippen molar-refractivity contribution >= 4 is 16.6 Å². The molecule has 28 heavy (non-hydrogen) atoms. The molecule has 3 aromatic rings. The molecule has 0 unspecified atom stereocenters. The molecular weight excluding hydrogens is 352 g/mol. The molecule has 0 aliphatic carbocycles. The molecule has 7 heteroatoms. The van der Waals surface area contributed by atoms with Crippen LogP contribution in [0.1, 0.15) is 25.4 Å². The predicted molar refractivity (Wildman–Crippen MR) is 110 cm³/mol. The van der Waals surface area contributed by atoms with Gasteiger partial charge in [-0.25, -0.2) is 19.9 Å². The number of hydrogen-bond acceptors (Lipinski definition) is 7. The number of aromatic nitrogens is 4. The van der Waals surface area contributed by atoms with Crippen LogP contribution >= 0.6 is 0 Å². The van der Waals surface area contributed by atoms with Crippen molar-refractivity contribution < 1.29 is 4.74 Å². The minimum Gasteiger partial charge on any atom is -0.474 e. The van der Waals surface area contributed by atoms with Gasteiger partial charge >= 0.3 is 0 Å². The number of hydrogen-bond donors (Lipinski definition) is 0. The van der Waals surface area contributed by atoms with E-state index in [0.717, 1.165) is 55.1 Å². The zero-order valence-electron chi connectivity index (χ0n) is 16.7. The second-order valence-corrected chi connectivity index (χ2v) is 7.41. The van der Waals surface area contributed by atoms with Gasteiger partial charge in [-0.2, -0.15) is 0 Å². The summed E-state index contributed by atoms with van der Waals surface area (Å²) in [7, 11) is 0. The molecule has 0 spiro atoms. The van der Waals surface area contributed by atoms with Crippen LogP contribution in [-0.4, -0.2) is 57.1 Å². The Morgan fingerprint density at radius 2 is 1.86 bits per heavy atom. The normalized spacial score (nSPS) is 15.4. The standard InChI is InChI=1S/C21H26N6O/c1-15(2)28-21-19-12-18(4-5-20(19)23-14-24-21)27-10-8-26(9-11-27)13-17-6-7-22-16(3)25-17/h4-7,12,14-15H,8-11,13H2,1-3H3. The Hall–Kier alpha value is -2.80. The van der Waals surface area contributed by atoms with Crippen molar-refractivity contribution in [3.8, 4) is 5.88 Å². The van der Waals surface area contributed by atoms with E-state index in [2.05, 4.69) is 47.9 Å². The molecule has 0 amide bonds. The lowest BCUT2D eigenvalue weighted by Gasteiger charge is -2.36. The summed E-state index contributed by atoms with van der Waals surface area (Å²) >= 11 is 0. The fraction of sp³-hybridized carbons (Fsp3) is 0.429. The molecule has 1 fully saturated rings. The van der Waals surface area contributed by atoms with Gasteiger partial charge in [0.25, 0.3) is 0 Å². The Bertz CT molecular complexity index is 953. The minimum atomic E-state index is 0.0794. The van der Waals surface area contributed by atoms with Crippen molar-refractivity contribution in [2.45, 2.75) is 33.4 Å². The van der Waals surface area contributed by atoms with Crippen LogP contribution in [0, 0.1) is 6.92 Å². The molecule has 0 radical (unpaired) electrons. The third kappa shape index (κ3) is 4.20. The van der Waals surface area contributed by atoms with E-state index in [0.29, 0.717) is 5.88 Å². The maximum atomic E-state index is 5.87. The highest BCUT2D eigenvalue weighted by molar-refractivity contribution is 5.86. The zero-order valence-corrected chi connectivity index (χ0v) is 16.7. The molecule has 1 saturated heterocycles. The molecule has 0 saturated carbocycles. The molecule has 1 aliphatic heterocycles. The van der Waals surface area contributed by atoms with Gasteiger partial charge in [0.2, 0.25) is 5.88 Å². The summed E-state index contributed by atoms with van der Waals surface area (Å²) < 4.78 is 5.87. The Morgan fingerprint density at radius 1 is 1.04 bits per heavy atom. The number of fused-ring (bicyclic) bond motifs is 1. The van der Waals surface area contributed by atoms with Crippen molar-refractivity contribution in [2.75, 3.05) is 31.1 Å². The maximum absolute atomic E-state index is 5.87. The van der Waals surface area contributed by atoms with Crippen LogP contribution in [0.5, 0.6) is 5.88 Å². The zero-order chi connectivity index (χ0) is 19.5. The van der Waals surface area contributed by atoms with Gasteiger partial charge in [0.15, 0.2) is 0 Å². The first-order valence-electron chi connectivity index (χ1n) is 9.76. The van der Waals surface area contributed by atoms with E-state index in [1.54, 1.807) is 6.33 Å². The van der Waals surface area contributed by atoms with Crippen molar-refractivity contribution in [3.63, 3.8) is 0 Å². The highest BCUT2D eigenvalue weighted by atomic mass is 16.5. The van der Waals surface area contributed by atoms with Crippen molar-refractivity contribution in [2.24, 2.45) is 0 Å². The smallest absolute Gasteiger partial charge is 0.224 e. The average Bonchev–Trinajstić information content (AvgIpc) is 2.68. The van der Waals surface area contributed by atoms with Gasteiger partial charge in [-0.3, -0.25) is 4.90 Å². The number of benzene rings is 1. The van der Waals surface area contributed by atoms with Crippen LogP contribution in [0.2, 0.25) is 0 Å². The van der Waals surface area contributed by atoms with Gasteiger partial charge < -0.3 is 9.64 Å². The number of ether oxygens (including phenoxy) is 1. The summed E-state index contributed by atoms with van der Waals surface area (Å²) in [5.41, 5.74) is 3.18. The second-order valence-electron chi connectivity index (χ2n) is 7.41. The highest BCUT2D eigenvalue weighted by Crippen LogP contribution is 2.28. The van der Waals surface area contributed by atoms with Crippen LogP contribution in [0.4, 0.5) is 5.69 Å². The largest absolute Gasteiger partial charge is 0.474 e. The molecule has 0 bridgehead atoms. The van der Waals surface area contributed by atoms with E-state index in [1.165, 1.54) is 5.69 Å². The maximum Gasteiger partial charge on any atom is 0.224 e. The van der Waals surface area contributed by atoms with Gasteiger partial charge in [0, 0.05) is 44.6 Å². The number of aryl methyl sites for hydroxylation is 1. The van der Waals surface area contributed by atoms with Crippen molar-refractivity contribution in [1.82, 2.24) is 24.8 Å². The fourth-order valence-corrected chi connectivity index (χ4v) is 3.52. The van der Waals surface area contributed by atoms with Crippen LogP contribution < -0.4 is 9.64 Å². The van der Waals surface area contributed by atoms with Crippen LogP contribution in [0.25, 0.3) is 10.9 Å². The lowest BCUT2D eigenvalue weighted by Crippen LogP contribution is -2.46. The predicted octanol–water partition coefficient (Wildman–Crippen LogP) is 2.84. The van der Waals surface area contributed by atoms with E-state index >= 15 is 0 Å². The van der Waals surface area contributed by atoms with E-state index < -0.39 is 0 Å². The first-order valence-corrected chi connectivity index (χ1v) is 9.76. The number of rotatable bonds is 5. The molecule has 1 aromatic carbocycles. The summed E-state index contributed by atoms with van der Waals surface area (Å²) in [5, 5.41) is 0.965. The number of nitrogens with zero attached hydrogens (tertiary/aromatic N) is 6. The Kier molecular flexibility index (Phi) is 5.34. The topological polar surface area (TPSA) is 67.3 Å². The molecule has 3 heterocycles. The molecule has 2 aromatic heterocycles. The molecular formula is C21H26N6O. The van der Waals surface area contributed by atoms with Crippen molar-refractivity contribution in [1.29, 1.82) is 0 Å². The lowest BCUT2D eigenvalue weighted by atomic mass is 10.2. The SMILES string of the molecule is Cc1nccc(CN2CCN(c3ccc4ncnc(OC(C)C)c4c3)CC2)n1. The monoisotopic (exact) mass is 378 g/mol. The van der Waals surface area contributed by atoms with Crippen LogP contribution in [0.3, 0.4) is 0 Å². The van der Waals surface area contributed by atoms with Gasteiger partial charge in [0.05, 0.1) is 22.7 Å². The van der Waals surface area contributed by atoms with E-state index in [1.807, 2.05) is 33.0 Å². The molecule has 0 atom stereocenters. The van der Waals surface area contributed by atoms with E-state index in [-0.39, 0.29) is 6.10 Å². The first-order chi connectivity index (χ1) is 13.6. The molecule has 146 valence electrons. The van der Waals surface area contributed by atoms with E-state index in [4.69, 9.17) is 4.74 Å². The van der Waals surface area contributed by atoms with Crippen LogP contribution in [-0.2, 0) is 6.54 Å². The highest BCUT2D eigenvalue weighted by Gasteiger charge is 2.19. The Morgan fingerprint density at radius 3 is 2.61 bits per heavy atom. The van der Waals surface area contributed by atoms with Gasteiger partial charge in [-0.05, 0) is 45.0 Å². The first kappa shape index (κ1) is 18.6. The lowest BCUT2D eigenvalue weighted by molar-refractivity contribution is 0.235. The Labute approximate surface area is 165 Å². The fourth-order valence-electron chi connectivity index (χ4n) is 3.52. The van der Waals surface area contributed by atoms with Gasteiger partial charge in [0.1, 0.15) is 12.2 Å². The van der Waals surface area contributed by atoms with Crippen molar-refractivity contribution in [3.05, 3.63) is 48.3 Å².